The number of amides is 2. The summed E-state index contributed by atoms with van der Waals surface area (Å²) in [5.41, 5.74) is 4.14. The largest absolute Gasteiger partial charge is 0.486 e. The third-order valence-corrected chi connectivity index (χ3v) is 9.65. The molecule has 266 valence electrons. The van der Waals surface area contributed by atoms with E-state index in [1.807, 2.05) is 95.3 Å². The van der Waals surface area contributed by atoms with Crippen molar-refractivity contribution in [3.63, 3.8) is 0 Å². The second-order valence-electron chi connectivity index (χ2n) is 14.0. The van der Waals surface area contributed by atoms with E-state index >= 15 is 0 Å². The first-order valence-corrected chi connectivity index (χ1v) is 18.1. The third-order valence-electron chi connectivity index (χ3n) is 7.83. The summed E-state index contributed by atoms with van der Waals surface area (Å²) in [6, 6.07) is 22.4. The molecule has 0 radical (unpaired) electrons. The molecule has 12 heteroatoms. The molecule has 0 unspecified atom stereocenters. The van der Waals surface area contributed by atoms with E-state index in [1.165, 1.54) is 21.4 Å². The first kappa shape index (κ1) is 37.8. The van der Waals surface area contributed by atoms with Crippen molar-refractivity contribution in [2.24, 2.45) is 11.3 Å². The Morgan fingerprint density at radius 3 is 2.10 bits per heavy atom. The summed E-state index contributed by atoms with van der Waals surface area (Å²) in [5, 5.41) is 16.3. The summed E-state index contributed by atoms with van der Waals surface area (Å²) in [4.78, 5) is 27.3. The van der Waals surface area contributed by atoms with Gasteiger partial charge in [-0.25, -0.2) is 13.4 Å². The summed E-state index contributed by atoms with van der Waals surface area (Å²) in [6.45, 7) is 10.4. The lowest BCUT2D eigenvalue weighted by atomic mass is 9.91. The van der Waals surface area contributed by atoms with Gasteiger partial charge in [0, 0.05) is 32.1 Å². The summed E-state index contributed by atoms with van der Waals surface area (Å²) in [5.74, 6) is -0.145. The Labute approximate surface area is 290 Å². The summed E-state index contributed by atoms with van der Waals surface area (Å²) >= 11 is 0. The van der Waals surface area contributed by atoms with Gasteiger partial charge in [-0.15, -0.1) is 0 Å². The normalized spacial score (nSPS) is 14.4. The first-order valence-electron chi connectivity index (χ1n) is 16.7. The van der Waals surface area contributed by atoms with E-state index < -0.39 is 39.4 Å². The fourth-order valence-electron chi connectivity index (χ4n) is 5.56. The number of rotatable bonds is 15. The first-order chi connectivity index (χ1) is 23.2. The lowest BCUT2D eigenvalue weighted by Gasteiger charge is -2.38. The number of hydrazine groups is 1. The molecule has 4 rings (SSSR count). The van der Waals surface area contributed by atoms with Crippen LogP contribution in [0.15, 0.2) is 83.8 Å². The fourth-order valence-corrected chi connectivity index (χ4v) is 7.19. The van der Waals surface area contributed by atoms with Crippen molar-refractivity contribution in [1.29, 1.82) is 0 Å². The lowest BCUT2D eigenvalue weighted by molar-refractivity contribution is -0.149. The number of aliphatic hydroxyl groups is 1. The predicted molar refractivity (Wildman–Crippen MR) is 188 cm³/mol. The van der Waals surface area contributed by atoms with Gasteiger partial charge in [0.25, 0.3) is 5.91 Å². The van der Waals surface area contributed by atoms with Crippen molar-refractivity contribution in [3.8, 4) is 11.5 Å². The van der Waals surface area contributed by atoms with Gasteiger partial charge in [0.2, 0.25) is 15.9 Å². The number of aliphatic hydroxyl groups excluding tert-OH is 1. The molecule has 49 heavy (non-hydrogen) atoms. The topological polar surface area (TPSA) is 138 Å². The van der Waals surface area contributed by atoms with Crippen LogP contribution in [0, 0.1) is 11.3 Å². The molecule has 0 saturated heterocycles. The zero-order chi connectivity index (χ0) is 35.6. The Morgan fingerprint density at radius 1 is 0.878 bits per heavy atom. The second-order valence-corrected chi connectivity index (χ2v) is 15.9. The van der Waals surface area contributed by atoms with Crippen LogP contribution in [-0.2, 0) is 32.6 Å². The van der Waals surface area contributed by atoms with Crippen LogP contribution in [0.4, 0.5) is 0 Å². The van der Waals surface area contributed by atoms with Crippen molar-refractivity contribution in [2.75, 3.05) is 32.8 Å². The van der Waals surface area contributed by atoms with Gasteiger partial charge in [0.05, 0.1) is 23.6 Å². The Hall–Kier alpha value is -3.97. The zero-order valence-corrected chi connectivity index (χ0v) is 29.9. The van der Waals surface area contributed by atoms with E-state index in [0.29, 0.717) is 31.3 Å². The number of nitrogens with zero attached hydrogens (tertiary/aromatic N) is 2. The molecular formula is C37H50N4O7S. The Morgan fingerprint density at radius 2 is 1.49 bits per heavy atom. The molecule has 3 aromatic rings. The summed E-state index contributed by atoms with van der Waals surface area (Å²) in [6.07, 6.45) is -1.14. The number of fused-ring (bicyclic) bond motifs is 1. The minimum atomic E-state index is -4.13. The molecule has 2 atom stereocenters. The zero-order valence-electron chi connectivity index (χ0n) is 29.1. The highest BCUT2D eigenvalue weighted by Gasteiger charge is 2.37. The molecule has 1 aliphatic rings. The molecule has 11 nitrogen and oxygen atoms in total. The molecule has 0 aliphatic carbocycles. The summed E-state index contributed by atoms with van der Waals surface area (Å²) < 4.78 is 40.7. The average molecular weight is 695 g/mol. The number of sulfonamides is 1. The number of carbonyl (C=O) groups excluding carboxylic acids is 2. The number of benzene rings is 3. The lowest BCUT2D eigenvalue weighted by Crippen LogP contribution is -2.60. The van der Waals surface area contributed by atoms with E-state index in [9.17, 15) is 23.1 Å². The van der Waals surface area contributed by atoms with E-state index in [2.05, 4.69) is 10.7 Å². The van der Waals surface area contributed by atoms with Crippen molar-refractivity contribution in [1.82, 2.24) is 20.1 Å². The number of nitrogens with one attached hydrogen (secondary N) is 2. The molecule has 3 N–H and O–H groups in total. The smallest absolute Gasteiger partial charge is 0.252 e. The van der Waals surface area contributed by atoms with Crippen LogP contribution in [0.5, 0.6) is 11.5 Å². The molecule has 0 spiro atoms. The number of ether oxygens (including phenoxy) is 2. The van der Waals surface area contributed by atoms with Crippen molar-refractivity contribution < 1.29 is 32.6 Å². The van der Waals surface area contributed by atoms with Crippen molar-refractivity contribution in [3.05, 3.63) is 90.0 Å². The van der Waals surface area contributed by atoms with Crippen LogP contribution in [0.25, 0.3) is 0 Å². The van der Waals surface area contributed by atoms with E-state index in [1.54, 1.807) is 6.07 Å². The SMILES string of the molecule is CC(C)CN(C[C@@H](O)[C@H](Cc1ccccc1)N(NC(=O)CNCc1ccccc1)C(=O)CC(C)(C)C)S(=O)(=O)c1ccc2c(c1)OCCO2. The van der Waals surface area contributed by atoms with E-state index in [4.69, 9.17) is 9.47 Å². The van der Waals surface area contributed by atoms with Gasteiger partial charge in [0.15, 0.2) is 11.5 Å². The van der Waals surface area contributed by atoms with Crippen LogP contribution in [0.1, 0.15) is 52.2 Å². The second kappa shape index (κ2) is 17.1. The highest BCUT2D eigenvalue weighted by Crippen LogP contribution is 2.33. The van der Waals surface area contributed by atoms with Crippen molar-refractivity contribution >= 4 is 21.8 Å². The summed E-state index contributed by atoms with van der Waals surface area (Å²) in [7, 11) is -4.13. The number of carbonyl (C=O) groups is 2. The van der Waals surface area contributed by atoms with Crippen LogP contribution >= 0.6 is 0 Å². The minimum absolute atomic E-state index is 0.00247. The maximum Gasteiger partial charge on any atom is 0.252 e. The fraction of sp³-hybridized carbons (Fsp3) is 0.459. The third kappa shape index (κ3) is 11.3. The molecule has 0 aromatic heterocycles. The van der Waals surface area contributed by atoms with Gasteiger partial charge >= 0.3 is 0 Å². The molecule has 3 aromatic carbocycles. The maximum atomic E-state index is 14.1. The Balaban J connectivity index is 1.64. The van der Waals surface area contributed by atoms with E-state index in [0.717, 1.165) is 11.1 Å². The van der Waals surface area contributed by atoms with Crippen molar-refractivity contribution in [2.45, 2.75) is 71.0 Å². The van der Waals surface area contributed by atoms with Crippen LogP contribution in [0.3, 0.4) is 0 Å². The average Bonchev–Trinajstić information content (AvgIpc) is 3.05. The van der Waals surface area contributed by atoms with Gasteiger partial charge in [0.1, 0.15) is 13.2 Å². The molecular weight excluding hydrogens is 644 g/mol. The quantitative estimate of drug-likeness (QED) is 0.202. The predicted octanol–water partition coefficient (Wildman–Crippen LogP) is 4.16. The van der Waals surface area contributed by atoms with E-state index in [-0.39, 0.29) is 43.3 Å². The van der Waals surface area contributed by atoms with Crippen LogP contribution in [0.2, 0.25) is 0 Å². The van der Waals surface area contributed by atoms with Gasteiger partial charge in [-0.05, 0) is 41.0 Å². The molecule has 1 heterocycles. The molecule has 1 aliphatic heterocycles. The molecule has 0 bridgehead atoms. The van der Waals surface area contributed by atoms with Gasteiger partial charge < -0.3 is 19.9 Å². The van der Waals surface area contributed by atoms with Gasteiger partial charge in [-0.1, -0.05) is 95.3 Å². The standard InChI is InChI=1S/C37H50N4O7S/c1-27(2)25-40(49(45,46)30-16-17-33-34(21-30)48-19-18-47-33)26-32(42)31(20-28-12-8-6-9-13-28)41(36(44)22-37(3,4)5)39-35(43)24-38-23-29-14-10-7-11-15-29/h6-17,21,27,31-32,38,42H,18-20,22-26H2,1-5H3,(H,39,43)/t31-,32+/m0/s1. The minimum Gasteiger partial charge on any atom is -0.486 e. The Kier molecular flexibility index (Phi) is 13.2. The highest BCUT2D eigenvalue weighted by molar-refractivity contribution is 7.89. The van der Waals surface area contributed by atoms with Gasteiger partial charge in [-0.3, -0.25) is 15.0 Å². The maximum absolute atomic E-state index is 14.1. The highest BCUT2D eigenvalue weighted by atomic mass is 32.2. The Bertz CT molecular complexity index is 1630. The number of hydrogen-bond donors (Lipinski definition) is 3. The molecule has 2 amide bonds. The molecule has 0 fully saturated rings. The molecule has 0 saturated carbocycles. The van der Waals surface area contributed by atoms with Crippen LogP contribution < -0.4 is 20.2 Å². The number of hydrogen-bond acceptors (Lipinski definition) is 8. The van der Waals surface area contributed by atoms with Gasteiger partial charge in [-0.2, -0.15) is 4.31 Å². The monoisotopic (exact) mass is 694 g/mol. The van der Waals surface area contributed by atoms with Crippen LogP contribution in [-0.4, -0.2) is 79.6 Å².